The van der Waals surface area contributed by atoms with Crippen LogP contribution in [0.25, 0.3) is 0 Å². The van der Waals surface area contributed by atoms with Crippen molar-refractivity contribution in [2.24, 2.45) is 34.0 Å². The van der Waals surface area contributed by atoms with Crippen molar-refractivity contribution in [3.05, 3.63) is 29.3 Å². The molecule has 208 valence electrons. The van der Waals surface area contributed by atoms with E-state index in [4.69, 9.17) is 9.47 Å². The second kappa shape index (κ2) is 8.07. The summed E-state index contributed by atoms with van der Waals surface area (Å²) < 4.78 is 13.0. The summed E-state index contributed by atoms with van der Waals surface area (Å²) >= 11 is 0. The van der Waals surface area contributed by atoms with Crippen molar-refractivity contribution >= 4 is 11.5 Å². The van der Waals surface area contributed by atoms with Gasteiger partial charge in [0.15, 0.2) is 5.79 Å². The van der Waals surface area contributed by atoms with Crippen molar-refractivity contribution in [3.8, 4) is 0 Å². The van der Waals surface area contributed by atoms with Gasteiger partial charge in [-0.05, 0) is 91.9 Å². The molecule has 0 aromatic heterocycles. The maximum atomic E-state index is 13.6. The Morgan fingerprint density at radius 1 is 1.08 bits per heavy atom. The number of nitrogens with zero attached hydrogens (tertiary/aromatic N) is 1. The fourth-order valence-corrected chi connectivity index (χ4v) is 10.7. The Hall–Kier alpha value is -1.43. The SMILES string of the molecule is CC[C@]12CC3c4ccc(N(C)C)cc4C[C@]45CCC6(C[C@]4(O)CC[C@H](C35)[C@@H]1CCC2=O)OCC(C)(C)CO6. The minimum absolute atomic E-state index is 0.0139. The Labute approximate surface area is 228 Å². The predicted molar refractivity (Wildman–Crippen MR) is 148 cm³/mol. The smallest absolute Gasteiger partial charge is 0.171 e. The van der Waals surface area contributed by atoms with Gasteiger partial charge < -0.3 is 19.5 Å². The highest BCUT2D eigenvalue weighted by Crippen LogP contribution is 2.74. The monoisotopic (exact) mass is 521 g/mol. The molecule has 5 fully saturated rings. The maximum Gasteiger partial charge on any atom is 0.171 e. The summed E-state index contributed by atoms with van der Waals surface area (Å²) in [6, 6.07) is 7.02. The Balaban J connectivity index is 1.35. The first kappa shape index (κ1) is 25.5. The highest BCUT2D eigenvalue weighted by molar-refractivity contribution is 5.87. The van der Waals surface area contributed by atoms with Crippen LogP contribution in [0.1, 0.15) is 95.6 Å². The van der Waals surface area contributed by atoms with Crippen LogP contribution in [0.15, 0.2) is 18.2 Å². The second-order valence-corrected chi connectivity index (χ2v) is 15.1. The van der Waals surface area contributed by atoms with Gasteiger partial charge in [-0.15, -0.1) is 0 Å². The molecule has 0 bridgehead atoms. The zero-order valence-corrected chi connectivity index (χ0v) is 24.1. The highest BCUT2D eigenvalue weighted by atomic mass is 16.7. The lowest BCUT2D eigenvalue weighted by Crippen LogP contribution is -2.70. The number of anilines is 1. The lowest BCUT2D eigenvalue weighted by Gasteiger charge is -2.70. The Morgan fingerprint density at radius 2 is 1.84 bits per heavy atom. The minimum Gasteiger partial charge on any atom is -0.389 e. The number of carbonyl (C=O) groups excluding carboxylic acids is 1. The number of Topliss-reactive ketones (excluding diaryl/α,β-unsaturated/α-hetero) is 1. The van der Waals surface area contributed by atoms with E-state index in [1.54, 1.807) is 0 Å². The standard InChI is InChI=1S/C33H47NO4/c1-6-30-17-25-23-8-7-22(34(4)5)15-21(23)16-31-13-14-33(37-19-29(2,3)20-38-33)18-32(31,36)12-11-24(28(25)31)26(30)9-10-27(30)35/h7-8,15,24-26,28,36H,6,9-14,16-20H2,1-5H3/t24-,25?,26-,28?,30-,31-,32+/m0/s1. The Morgan fingerprint density at radius 3 is 2.55 bits per heavy atom. The van der Waals surface area contributed by atoms with Crippen molar-refractivity contribution < 1.29 is 19.4 Å². The van der Waals surface area contributed by atoms with Crippen LogP contribution in [-0.2, 0) is 20.7 Å². The molecule has 0 amide bonds. The summed E-state index contributed by atoms with van der Waals surface area (Å²) in [4.78, 5) is 15.7. The van der Waals surface area contributed by atoms with Gasteiger partial charge in [-0.1, -0.05) is 26.8 Å². The maximum absolute atomic E-state index is 13.6. The first-order chi connectivity index (χ1) is 18.0. The third-order valence-electron chi connectivity index (χ3n) is 12.5. The summed E-state index contributed by atoms with van der Waals surface area (Å²) in [5, 5.41) is 12.9. The molecule has 1 heterocycles. The topological polar surface area (TPSA) is 59.0 Å². The molecular formula is C33H47NO4. The third-order valence-corrected chi connectivity index (χ3v) is 12.5. The number of rotatable bonds is 2. The van der Waals surface area contributed by atoms with E-state index in [2.05, 4.69) is 58.0 Å². The van der Waals surface area contributed by atoms with Crippen molar-refractivity contribution in [2.75, 3.05) is 32.2 Å². The normalized spacial score (nSPS) is 44.1. The lowest BCUT2D eigenvalue weighted by atomic mass is 9.36. The lowest BCUT2D eigenvalue weighted by molar-refractivity contribution is -0.357. The molecule has 7 rings (SSSR count). The largest absolute Gasteiger partial charge is 0.389 e. The molecule has 2 unspecified atom stereocenters. The highest BCUT2D eigenvalue weighted by Gasteiger charge is 2.72. The molecule has 1 N–H and O–H groups in total. The molecule has 38 heavy (non-hydrogen) atoms. The summed E-state index contributed by atoms with van der Waals surface area (Å²) in [5.41, 5.74) is 2.92. The third kappa shape index (κ3) is 3.25. The number of carbonyl (C=O) groups is 1. The van der Waals surface area contributed by atoms with E-state index in [9.17, 15) is 9.90 Å². The number of ketones is 1. The Bertz CT molecular complexity index is 1150. The van der Waals surface area contributed by atoms with Gasteiger partial charge in [0.2, 0.25) is 0 Å². The number of ether oxygens (including phenoxy) is 2. The van der Waals surface area contributed by atoms with Crippen LogP contribution in [-0.4, -0.2) is 49.6 Å². The predicted octanol–water partition coefficient (Wildman–Crippen LogP) is 5.87. The van der Waals surface area contributed by atoms with Crippen molar-refractivity contribution in [1.29, 1.82) is 0 Å². The van der Waals surface area contributed by atoms with Gasteiger partial charge in [0.25, 0.3) is 0 Å². The number of hydrogen-bond acceptors (Lipinski definition) is 5. The molecule has 1 aliphatic heterocycles. The zero-order valence-electron chi connectivity index (χ0n) is 24.1. The molecule has 1 aromatic carbocycles. The molecule has 7 atom stereocenters. The molecule has 1 saturated heterocycles. The first-order valence-electron chi connectivity index (χ1n) is 15.3. The molecule has 5 aliphatic carbocycles. The van der Waals surface area contributed by atoms with Gasteiger partial charge in [-0.3, -0.25) is 4.79 Å². The van der Waals surface area contributed by atoms with Crippen LogP contribution in [0.3, 0.4) is 0 Å². The molecule has 2 spiro atoms. The van der Waals surface area contributed by atoms with Gasteiger partial charge in [-0.25, -0.2) is 0 Å². The van der Waals surface area contributed by atoms with Gasteiger partial charge in [-0.2, -0.15) is 0 Å². The average molecular weight is 522 g/mol. The number of benzene rings is 1. The summed E-state index contributed by atoms with van der Waals surface area (Å²) in [5.74, 6) is 1.62. The Kier molecular flexibility index (Phi) is 5.42. The van der Waals surface area contributed by atoms with Gasteiger partial charge in [0.05, 0.1) is 18.8 Å². The van der Waals surface area contributed by atoms with E-state index in [0.29, 0.717) is 49.1 Å². The molecule has 5 nitrogen and oxygen atoms in total. The molecule has 0 radical (unpaired) electrons. The quantitative estimate of drug-likeness (QED) is 0.528. The molecule has 5 heteroatoms. The number of aliphatic hydroxyl groups is 1. The molecule has 6 aliphatic rings. The second-order valence-electron chi connectivity index (χ2n) is 15.1. The van der Waals surface area contributed by atoms with E-state index in [1.807, 2.05) is 0 Å². The van der Waals surface area contributed by atoms with Gasteiger partial charge in [0.1, 0.15) is 5.78 Å². The van der Waals surface area contributed by atoms with Crippen LogP contribution in [0, 0.1) is 34.0 Å². The average Bonchev–Trinajstić information content (AvgIpc) is 3.22. The fourth-order valence-electron chi connectivity index (χ4n) is 10.7. The summed E-state index contributed by atoms with van der Waals surface area (Å²) in [6.07, 6.45) is 8.84. The number of hydrogen-bond donors (Lipinski definition) is 1. The van der Waals surface area contributed by atoms with Crippen molar-refractivity contribution in [2.45, 2.75) is 102 Å². The van der Waals surface area contributed by atoms with Crippen molar-refractivity contribution in [1.82, 2.24) is 0 Å². The summed E-state index contributed by atoms with van der Waals surface area (Å²) in [7, 11) is 4.22. The molecule has 4 saturated carbocycles. The van der Waals surface area contributed by atoms with Gasteiger partial charge >= 0.3 is 0 Å². The van der Waals surface area contributed by atoms with E-state index >= 15 is 0 Å². The van der Waals surface area contributed by atoms with Crippen LogP contribution < -0.4 is 4.90 Å². The van der Waals surface area contributed by atoms with Crippen molar-refractivity contribution in [3.63, 3.8) is 0 Å². The van der Waals surface area contributed by atoms with Crippen LogP contribution in [0.5, 0.6) is 0 Å². The van der Waals surface area contributed by atoms with E-state index in [-0.39, 0.29) is 16.2 Å². The number of fused-ring (bicyclic) bond motifs is 4. The zero-order chi connectivity index (χ0) is 26.7. The minimum atomic E-state index is -0.813. The van der Waals surface area contributed by atoms with E-state index < -0.39 is 11.4 Å². The molecule has 1 aromatic rings. The summed E-state index contributed by atoms with van der Waals surface area (Å²) in [6.45, 7) is 8.01. The fraction of sp³-hybridized carbons (Fsp3) is 0.788. The van der Waals surface area contributed by atoms with Crippen LogP contribution in [0.4, 0.5) is 5.69 Å². The first-order valence-corrected chi connectivity index (χ1v) is 15.3. The van der Waals surface area contributed by atoms with Gasteiger partial charge in [0, 0.05) is 55.3 Å². The van der Waals surface area contributed by atoms with Crippen LogP contribution in [0.2, 0.25) is 0 Å². The molecular weight excluding hydrogens is 474 g/mol. The van der Waals surface area contributed by atoms with E-state index in [1.165, 1.54) is 16.8 Å². The van der Waals surface area contributed by atoms with E-state index in [0.717, 1.165) is 57.8 Å². The van der Waals surface area contributed by atoms with Crippen LogP contribution >= 0.6 is 0 Å².